The van der Waals surface area contributed by atoms with Crippen molar-refractivity contribution >= 4 is 11.6 Å². The molecular weight excluding hydrogens is 453 g/mol. The molecule has 3 aromatic rings. The van der Waals surface area contributed by atoms with Gasteiger partial charge in [0.1, 0.15) is 29.6 Å². The van der Waals surface area contributed by atoms with Gasteiger partial charge in [-0.1, -0.05) is 6.92 Å². The van der Waals surface area contributed by atoms with Gasteiger partial charge in [-0.3, -0.25) is 9.59 Å². The van der Waals surface area contributed by atoms with Crippen molar-refractivity contribution in [3.8, 4) is 28.5 Å². The Morgan fingerprint density at radius 1 is 1.00 bits per heavy atom. The van der Waals surface area contributed by atoms with Crippen LogP contribution in [0.5, 0.6) is 17.2 Å². The number of carbonyl (C=O) groups excluding carboxylic acids is 2. The van der Waals surface area contributed by atoms with E-state index in [4.69, 9.17) is 19.3 Å². The molecule has 1 atom stereocenters. The third-order valence-corrected chi connectivity index (χ3v) is 5.54. The number of ketones is 2. The van der Waals surface area contributed by atoms with Crippen molar-refractivity contribution in [2.24, 2.45) is 5.92 Å². The van der Waals surface area contributed by atoms with Crippen molar-refractivity contribution in [1.82, 2.24) is 4.98 Å². The van der Waals surface area contributed by atoms with E-state index in [1.165, 1.54) is 20.3 Å². The Morgan fingerprint density at radius 3 is 2.37 bits per heavy atom. The summed E-state index contributed by atoms with van der Waals surface area (Å²) in [5.74, 6) is -0.282. The quantitative estimate of drug-likeness (QED) is 0.398. The number of aromatic nitrogens is 1. The molecule has 1 N–H and O–H groups in total. The van der Waals surface area contributed by atoms with Crippen molar-refractivity contribution in [3.05, 3.63) is 71.2 Å². The fourth-order valence-corrected chi connectivity index (χ4v) is 3.60. The lowest BCUT2D eigenvalue weighted by Gasteiger charge is -2.14. The lowest BCUT2D eigenvalue weighted by atomic mass is 9.94. The van der Waals surface area contributed by atoms with Crippen LogP contribution in [0.1, 0.15) is 39.8 Å². The third-order valence-electron chi connectivity index (χ3n) is 5.54. The fraction of sp³-hybridized carbons (Fsp3) is 0.296. The standard InChI is InChI=1S/C27H28FNO6/c1-16-13-19(5-7-20(16)28)26-24(33-3)10-8-21(29-26)27(32)17(2)14-22(31)18-6-9-23(35-12-11-30)25(15-18)34-4/h5-10,13,15,17,30H,11-12,14H2,1-4H3/t17-/m1/s1. The minimum absolute atomic E-state index is 0.0302. The van der Waals surface area contributed by atoms with E-state index in [2.05, 4.69) is 4.98 Å². The van der Waals surface area contributed by atoms with Gasteiger partial charge in [0.15, 0.2) is 23.1 Å². The highest BCUT2D eigenvalue weighted by Crippen LogP contribution is 2.31. The Morgan fingerprint density at radius 2 is 1.71 bits per heavy atom. The van der Waals surface area contributed by atoms with E-state index in [1.807, 2.05) is 0 Å². The van der Waals surface area contributed by atoms with Gasteiger partial charge in [0.25, 0.3) is 0 Å². The molecule has 0 saturated carbocycles. The van der Waals surface area contributed by atoms with Crippen LogP contribution in [0.4, 0.5) is 4.39 Å². The number of benzene rings is 2. The molecule has 0 fully saturated rings. The van der Waals surface area contributed by atoms with E-state index in [0.717, 1.165) is 0 Å². The van der Waals surface area contributed by atoms with Crippen LogP contribution >= 0.6 is 0 Å². The van der Waals surface area contributed by atoms with Gasteiger partial charge >= 0.3 is 0 Å². The molecule has 0 radical (unpaired) electrons. The number of aliphatic hydroxyl groups excluding tert-OH is 1. The second-order valence-electron chi connectivity index (χ2n) is 8.04. The zero-order chi connectivity index (χ0) is 25.5. The zero-order valence-electron chi connectivity index (χ0n) is 20.1. The minimum atomic E-state index is -0.637. The normalized spacial score (nSPS) is 11.6. The monoisotopic (exact) mass is 481 g/mol. The number of halogens is 1. The van der Waals surface area contributed by atoms with Crippen molar-refractivity contribution < 1.29 is 33.3 Å². The van der Waals surface area contributed by atoms with Crippen LogP contribution in [0.2, 0.25) is 0 Å². The lowest BCUT2D eigenvalue weighted by Crippen LogP contribution is -2.17. The van der Waals surface area contributed by atoms with Gasteiger partial charge in [0, 0.05) is 23.5 Å². The number of hydrogen-bond acceptors (Lipinski definition) is 7. The van der Waals surface area contributed by atoms with E-state index >= 15 is 0 Å². The summed E-state index contributed by atoms with van der Waals surface area (Å²) >= 11 is 0. The van der Waals surface area contributed by atoms with Crippen molar-refractivity contribution in [1.29, 1.82) is 0 Å². The molecule has 1 heterocycles. The average molecular weight is 482 g/mol. The summed E-state index contributed by atoms with van der Waals surface area (Å²) in [6, 6.07) is 12.5. The first-order chi connectivity index (χ1) is 16.8. The topological polar surface area (TPSA) is 95.0 Å². The highest BCUT2D eigenvalue weighted by atomic mass is 19.1. The second kappa shape index (κ2) is 11.6. The number of nitrogens with zero attached hydrogens (tertiary/aromatic N) is 1. The van der Waals surface area contributed by atoms with Crippen LogP contribution in [0.15, 0.2) is 48.5 Å². The number of Topliss-reactive ketones (excluding diaryl/α,β-unsaturated/α-hetero) is 2. The van der Waals surface area contributed by atoms with Gasteiger partial charge in [-0.15, -0.1) is 0 Å². The van der Waals surface area contributed by atoms with Crippen LogP contribution in [-0.4, -0.2) is 49.1 Å². The first-order valence-electron chi connectivity index (χ1n) is 11.1. The van der Waals surface area contributed by atoms with Crippen LogP contribution in [0.3, 0.4) is 0 Å². The largest absolute Gasteiger partial charge is 0.494 e. The number of pyridine rings is 1. The highest BCUT2D eigenvalue weighted by molar-refractivity contribution is 6.03. The number of hydrogen-bond donors (Lipinski definition) is 1. The SMILES string of the molecule is COc1cc(C(=O)C[C@@H](C)C(=O)c2ccc(OC)c(-c3ccc(F)c(C)c3)n2)ccc1OCCO. The van der Waals surface area contributed by atoms with Gasteiger partial charge in [0.2, 0.25) is 0 Å². The Labute approximate surface area is 203 Å². The van der Waals surface area contributed by atoms with Crippen LogP contribution < -0.4 is 14.2 Å². The predicted octanol–water partition coefficient (Wildman–Crippen LogP) is 4.68. The van der Waals surface area contributed by atoms with Gasteiger partial charge in [-0.05, 0) is 61.0 Å². The molecule has 2 aromatic carbocycles. The molecule has 8 heteroatoms. The Balaban J connectivity index is 1.80. The molecule has 0 bridgehead atoms. The van der Waals surface area contributed by atoms with Gasteiger partial charge < -0.3 is 19.3 Å². The molecule has 1 aromatic heterocycles. The van der Waals surface area contributed by atoms with Crippen molar-refractivity contribution in [2.45, 2.75) is 20.3 Å². The smallest absolute Gasteiger partial charge is 0.184 e. The molecule has 35 heavy (non-hydrogen) atoms. The molecule has 0 amide bonds. The molecule has 7 nitrogen and oxygen atoms in total. The predicted molar refractivity (Wildman–Crippen MR) is 129 cm³/mol. The second-order valence-corrected chi connectivity index (χ2v) is 8.04. The molecule has 0 aliphatic heterocycles. The third kappa shape index (κ3) is 6.02. The molecule has 0 unspecified atom stereocenters. The molecule has 184 valence electrons. The molecule has 3 rings (SSSR count). The van der Waals surface area contributed by atoms with Crippen molar-refractivity contribution in [3.63, 3.8) is 0 Å². The van der Waals surface area contributed by atoms with Crippen LogP contribution in [-0.2, 0) is 0 Å². The molecule has 0 spiro atoms. The van der Waals surface area contributed by atoms with Crippen LogP contribution in [0.25, 0.3) is 11.3 Å². The van der Waals surface area contributed by atoms with Crippen LogP contribution in [0, 0.1) is 18.7 Å². The lowest BCUT2D eigenvalue weighted by molar-refractivity contribution is 0.0859. The first kappa shape index (κ1) is 25.8. The number of rotatable bonds is 11. The van der Waals surface area contributed by atoms with Crippen molar-refractivity contribution in [2.75, 3.05) is 27.4 Å². The zero-order valence-corrected chi connectivity index (χ0v) is 20.1. The van der Waals surface area contributed by atoms with E-state index in [1.54, 1.807) is 56.3 Å². The maximum absolute atomic E-state index is 13.7. The van der Waals surface area contributed by atoms with Gasteiger partial charge in [-0.25, -0.2) is 9.37 Å². The Kier molecular flexibility index (Phi) is 8.54. The Hall–Kier alpha value is -3.78. The Bertz CT molecular complexity index is 1230. The number of methoxy groups -OCH3 is 2. The average Bonchev–Trinajstić information content (AvgIpc) is 2.87. The number of ether oxygens (including phenoxy) is 3. The summed E-state index contributed by atoms with van der Waals surface area (Å²) in [7, 11) is 2.95. The number of aliphatic hydroxyl groups is 1. The minimum Gasteiger partial charge on any atom is -0.494 e. The summed E-state index contributed by atoms with van der Waals surface area (Å²) in [5.41, 5.74) is 2.06. The highest BCUT2D eigenvalue weighted by Gasteiger charge is 2.23. The summed E-state index contributed by atoms with van der Waals surface area (Å²) in [5, 5.41) is 8.93. The number of aryl methyl sites for hydroxylation is 1. The number of carbonyl (C=O) groups is 2. The van der Waals surface area contributed by atoms with E-state index in [-0.39, 0.29) is 42.7 Å². The molecule has 0 saturated heterocycles. The summed E-state index contributed by atoms with van der Waals surface area (Å²) in [6.07, 6.45) is -0.0302. The maximum atomic E-state index is 13.7. The maximum Gasteiger partial charge on any atom is 0.184 e. The summed E-state index contributed by atoms with van der Waals surface area (Å²) in [6.45, 7) is 3.27. The summed E-state index contributed by atoms with van der Waals surface area (Å²) < 4.78 is 29.8. The fourth-order valence-electron chi connectivity index (χ4n) is 3.60. The molecule has 0 aliphatic rings. The van der Waals surface area contributed by atoms with Gasteiger partial charge in [-0.2, -0.15) is 0 Å². The van der Waals surface area contributed by atoms with Gasteiger partial charge in [0.05, 0.1) is 20.8 Å². The first-order valence-corrected chi connectivity index (χ1v) is 11.1. The summed E-state index contributed by atoms with van der Waals surface area (Å²) in [4.78, 5) is 30.5. The van der Waals surface area contributed by atoms with E-state index in [9.17, 15) is 14.0 Å². The molecule has 0 aliphatic carbocycles. The molecular formula is C27H28FNO6. The van der Waals surface area contributed by atoms with E-state index < -0.39 is 5.92 Å². The van der Waals surface area contributed by atoms with E-state index in [0.29, 0.717) is 39.6 Å².